The fraction of sp³-hybridized carbons (Fsp3) is 0.324. The number of para-hydroxylation sites is 1. The number of aromatic nitrogens is 1. The highest BCUT2D eigenvalue weighted by atomic mass is 16.5. The molecule has 5 rings (SSSR count). The topological polar surface area (TPSA) is 102 Å². The van der Waals surface area contributed by atoms with E-state index in [1.807, 2.05) is 61.5 Å². The molecular weight excluding hydrogens is 516 g/mol. The van der Waals surface area contributed by atoms with Gasteiger partial charge in [-0.25, -0.2) is 9.78 Å². The molecule has 212 valence electrons. The highest BCUT2D eigenvalue weighted by Crippen LogP contribution is 2.31. The molecule has 0 bridgehead atoms. The Balaban J connectivity index is 1.11. The maximum Gasteiger partial charge on any atom is 0.326 e. The van der Waals surface area contributed by atoms with Crippen LogP contribution in [0.15, 0.2) is 89.3 Å². The predicted molar refractivity (Wildman–Crippen MR) is 158 cm³/mol. The number of hydrogen-bond acceptors (Lipinski definition) is 6. The van der Waals surface area contributed by atoms with Crippen molar-refractivity contribution in [2.24, 2.45) is 5.92 Å². The Hall–Kier alpha value is -4.23. The number of nitrogens with zero attached hydrogens (tertiary/aromatic N) is 1. The van der Waals surface area contributed by atoms with Crippen molar-refractivity contribution in [1.82, 2.24) is 4.98 Å². The Morgan fingerprint density at radius 2 is 1.61 bits per heavy atom. The number of carboxylic acids is 1. The third kappa shape index (κ3) is 7.30. The van der Waals surface area contributed by atoms with Crippen LogP contribution in [-0.2, 0) is 16.0 Å². The van der Waals surface area contributed by atoms with Crippen LogP contribution in [0.25, 0.3) is 11.5 Å². The van der Waals surface area contributed by atoms with Crippen molar-refractivity contribution in [1.29, 1.82) is 0 Å². The summed E-state index contributed by atoms with van der Waals surface area (Å²) < 4.78 is 12.0. The molecule has 1 saturated carbocycles. The first kappa shape index (κ1) is 28.3. The van der Waals surface area contributed by atoms with Crippen LogP contribution in [0.3, 0.4) is 0 Å². The summed E-state index contributed by atoms with van der Waals surface area (Å²) >= 11 is 0. The van der Waals surface area contributed by atoms with E-state index in [4.69, 9.17) is 9.15 Å². The number of carboxylic acid groups (broad SMARTS) is 1. The van der Waals surface area contributed by atoms with E-state index in [1.54, 1.807) is 30.3 Å². The lowest BCUT2D eigenvalue weighted by Gasteiger charge is -2.30. The molecule has 1 heterocycles. The zero-order valence-corrected chi connectivity index (χ0v) is 23.3. The molecule has 2 N–H and O–H groups in total. The summed E-state index contributed by atoms with van der Waals surface area (Å²) in [7, 11) is 0. The lowest BCUT2D eigenvalue weighted by atomic mass is 9.83. The predicted octanol–water partition coefficient (Wildman–Crippen LogP) is 6.95. The summed E-state index contributed by atoms with van der Waals surface area (Å²) in [4.78, 5) is 30.0. The minimum Gasteiger partial charge on any atom is -0.480 e. The average molecular weight is 553 g/mol. The van der Waals surface area contributed by atoms with Gasteiger partial charge >= 0.3 is 5.97 Å². The summed E-state index contributed by atoms with van der Waals surface area (Å²) in [6.45, 7) is 2.51. The van der Waals surface area contributed by atoms with Crippen LogP contribution >= 0.6 is 0 Å². The third-order valence-electron chi connectivity index (χ3n) is 7.80. The van der Waals surface area contributed by atoms with E-state index >= 15 is 0 Å². The molecule has 4 aromatic rings. The van der Waals surface area contributed by atoms with Gasteiger partial charge in [0.15, 0.2) is 5.78 Å². The van der Waals surface area contributed by atoms with Crippen molar-refractivity contribution < 1.29 is 23.8 Å². The van der Waals surface area contributed by atoms with Gasteiger partial charge in [0, 0.05) is 28.8 Å². The van der Waals surface area contributed by atoms with Crippen molar-refractivity contribution in [3.63, 3.8) is 0 Å². The fourth-order valence-electron chi connectivity index (χ4n) is 5.52. The van der Waals surface area contributed by atoms with Gasteiger partial charge in [-0.05, 0) is 69.2 Å². The van der Waals surface area contributed by atoms with Gasteiger partial charge in [0.25, 0.3) is 0 Å². The van der Waals surface area contributed by atoms with Gasteiger partial charge in [-0.2, -0.15) is 0 Å². The monoisotopic (exact) mass is 552 g/mol. The first-order valence-electron chi connectivity index (χ1n) is 14.3. The third-order valence-corrected chi connectivity index (χ3v) is 7.80. The van der Waals surface area contributed by atoms with Crippen molar-refractivity contribution in [2.45, 2.75) is 57.6 Å². The Morgan fingerprint density at radius 1 is 0.951 bits per heavy atom. The normalized spacial score (nSPS) is 17.6. The lowest BCUT2D eigenvalue weighted by Crippen LogP contribution is -2.34. The SMILES string of the molecule is Cc1oc(-c2ccccc2)nc1CCOC1CCC(C[C@H](Nc2ccccc2C(=O)c2ccccc2)C(=O)O)CC1. The maximum absolute atomic E-state index is 13.1. The first-order chi connectivity index (χ1) is 20.0. The molecule has 41 heavy (non-hydrogen) atoms. The van der Waals surface area contributed by atoms with Gasteiger partial charge in [-0.1, -0.05) is 60.7 Å². The molecule has 1 aromatic heterocycles. The zero-order valence-electron chi connectivity index (χ0n) is 23.3. The van der Waals surface area contributed by atoms with E-state index in [-0.39, 0.29) is 17.8 Å². The molecule has 7 nitrogen and oxygen atoms in total. The smallest absolute Gasteiger partial charge is 0.326 e. The molecular formula is C34H36N2O5. The summed E-state index contributed by atoms with van der Waals surface area (Å²) in [5.74, 6) is 0.671. The summed E-state index contributed by atoms with van der Waals surface area (Å²) in [6.07, 6.45) is 4.95. The van der Waals surface area contributed by atoms with Crippen molar-refractivity contribution >= 4 is 17.4 Å². The van der Waals surface area contributed by atoms with E-state index in [9.17, 15) is 14.7 Å². The second kappa shape index (κ2) is 13.4. The minimum atomic E-state index is -0.914. The largest absolute Gasteiger partial charge is 0.480 e. The molecule has 0 aliphatic heterocycles. The molecule has 1 atom stereocenters. The second-order valence-corrected chi connectivity index (χ2v) is 10.7. The van der Waals surface area contributed by atoms with Crippen LogP contribution in [0, 0.1) is 12.8 Å². The fourth-order valence-corrected chi connectivity index (χ4v) is 5.52. The van der Waals surface area contributed by atoms with Crippen LogP contribution in [0.4, 0.5) is 5.69 Å². The molecule has 1 aliphatic carbocycles. The van der Waals surface area contributed by atoms with Gasteiger partial charge in [-0.15, -0.1) is 0 Å². The summed E-state index contributed by atoms with van der Waals surface area (Å²) in [5.41, 5.74) is 3.47. The quantitative estimate of drug-likeness (QED) is 0.183. The molecule has 0 radical (unpaired) electrons. The second-order valence-electron chi connectivity index (χ2n) is 10.7. The number of ketones is 1. The summed E-state index contributed by atoms with van der Waals surface area (Å²) in [5, 5.41) is 13.2. The van der Waals surface area contributed by atoms with Crippen LogP contribution in [-0.4, -0.2) is 40.6 Å². The Kier molecular flexibility index (Phi) is 9.26. The first-order valence-corrected chi connectivity index (χ1v) is 14.3. The van der Waals surface area contributed by atoms with Gasteiger partial charge in [-0.3, -0.25) is 4.79 Å². The Labute approximate surface area is 240 Å². The van der Waals surface area contributed by atoms with E-state index in [1.165, 1.54) is 0 Å². The number of carbonyl (C=O) groups is 2. The molecule has 0 spiro atoms. The minimum absolute atomic E-state index is 0.132. The number of hydrogen-bond donors (Lipinski definition) is 2. The average Bonchev–Trinajstić information content (AvgIpc) is 3.38. The number of rotatable bonds is 12. The number of aliphatic carboxylic acids is 1. The van der Waals surface area contributed by atoms with E-state index in [0.717, 1.165) is 42.7 Å². The standard InChI is InChI=1S/C34H36N2O5/c1-23-29(36-33(41-23)26-12-6-3-7-13-26)20-21-40-27-18-16-24(17-19-27)22-31(34(38)39)35-30-15-9-8-14-28(30)32(37)25-10-4-2-5-11-25/h2-15,24,27,31,35H,16-22H2,1H3,(H,38,39)/t24?,27?,31-/m0/s1. The number of carbonyl (C=O) groups excluding carboxylic acids is 1. The number of ether oxygens (including phenoxy) is 1. The number of oxazole rings is 1. The summed E-state index contributed by atoms with van der Waals surface area (Å²) in [6, 6.07) is 25.2. The molecule has 1 aliphatic rings. The molecule has 3 aromatic carbocycles. The van der Waals surface area contributed by atoms with Crippen LogP contribution in [0.2, 0.25) is 0 Å². The molecule has 0 unspecified atom stereocenters. The Bertz CT molecular complexity index is 1440. The van der Waals surface area contributed by atoms with Crippen molar-refractivity contribution in [2.75, 3.05) is 11.9 Å². The van der Waals surface area contributed by atoms with Crippen molar-refractivity contribution in [3.05, 3.63) is 108 Å². The zero-order chi connectivity index (χ0) is 28.6. The molecule has 0 saturated heterocycles. The number of nitrogens with one attached hydrogen (secondary N) is 1. The van der Waals surface area contributed by atoms with Crippen LogP contribution < -0.4 is 5.32 Å². The Morgan fingerprint density at radius 3 is 2.32 bits per heavy atom. The van der Waals surface area contributed by atoms with E-state index < -0.39 is 12.0 Å². The van der Waals surface area contributed by atoms with Gasteiger partial charge in [0.2, 0.25) is 5.89 Å². The maximum atomic E-state index is 13.1. The highest BCUT2D eigenvalue weighted by molar-refractivity contribution is 6.12. The molecule has 1 fully saturated rings. The van der Waals surface area contributed by atoms with E-state index in [0.29, 0.717) is 42.2 Å². The van der Waals surface area contributed by atoms with E-state index in [2.05, 4.69) is 10.3 Å². The van der Waals surface area contributed by atoms with Crippen LogP contribution in [0.5, 0.6) is 0 Å². The van der Waals surface area contributed by atoms with Gasteiger partial charge < -0.3 is 19.6 Å². The molecule has 0 amide bonds. The number of benzene rings is 3. The van der Waals surface area contributed by atoms with Crippen molar-refractivity contribution in [3.8, 4) is 11.5 Å². The lowest BCUT2D eigenvalue weighted by molar-refractivity contribution is -0.138. The number of aryl methyl sites for hydroxylation is 1. The molecule has 7 heteroatoms. The van der Waals surface area contributed by atoms with Gasteiger partial charge in [0.05, 0.1) is 18.4 Å². The highest BCUT2D eigenvalue weighted by Gasteiger charge is 2.28. The van der Waals surface area contributed by atoms with Gasteiger partial charge in [0.1, 0.15) is 11.8 Å². The number of anilines is 1. The van der Waals surface area contributed by atoms with Crippen LogP contribution in [0.1, 0.15) is 59.5 Å².